The van der Waals surface area contributed by atoms with Crippen LogP contribution in [0.5, 0.6) is 0 Å². The molecule has 1 aromatic carbocycles. The first-order valence-electron chi connectivity index (χ1n) is 7.39. The van der Waals surface area contributed by atoms with Gasteiger partial charge in [0.05, 0.1) is 26.0 Å². The van der Waals surface area contributed by atoms with E-state index >= 15 is 0 Å². The molecule has 2 heterocycles. The van der Waals surface area contributed by atoms with E-state index < -0.39 is 18.0 Å². The molecule has 0 aliphatic carbocycles. The number of allylic oxidation sites excluding steroid dienone is 1. The number of hydrogen-bond acceptors (Lipinski definition) is 7. The number of benzene rings is 1. The summed E-state index contributed by atoms with van der Waals surface area (Å²) in [5.74, 6) is -1.20. The van der Waals surface area contributed by atoms with Crippen LogP contribution in [0.1, 0.15) is 12.5 Å². The topological polar surface area (TPSA) is 71.4 Å². The molecule has 2 aliphatic rings. The zero-order chi connectivity index (χ0) is 17.3. The molecule has 7 heteroatoms. The smallest absolute Gasteiger partial charge is 0.357 e. The van der Waals surface area contributed by atoms with Gasteiger partial charge in [-0.2, -0.15) is 10.2 Å². The number of hydrogen-bond donors (Lipinski definition) is 0. The molecule has 0 N–H and O–H groups in total. The van der Waals surface area contributed by atoms with E-state index in [1.807, 2.05) is 30.3 Å². The number of ether oxygens (including phenoxy) is 2. The summed E-state index contributed by atoms with van der Waals surface area (Å²) in [5, 5.41) is 7.45. The van der Waals surface area contributed by atoms with E-state index in [1.54, 1.807) is 24.5 Å². The Hall–Kier alpha value is -3.09. The molecule has 0 fully saturated rings. The number of methoxy groups -OCH3 is 2. The van der Waals surface area contributed by atoms with Gasteiger partial charge in [-0.25, -0.2) is 14.6 Å². The van der Waals surface area contributed by atoms with Gasteiger partial charge in [0.2, 0.25) is 0 Å². The summed E-state index contributed by atoms with van der Waals surface area (Å²) in [6.07, 6.45) is 3.44. The summed E-state index contributed by atoms with van der Waals surface area (Å²) in [6.45, 7) is 1.77. The number of hydrazine groups is 1. The van der Waals surface area contributed by atoms with Crippen LogP contribution < -0.4 is 0 Å². The van der Waals surface area contributed by atoms with E-state index in [1.165, 1.54) is 19.2 Å². The zero-order valence-corrected chi connectivity index (χ0v) is 13.6. The van der Waals surface area contributed by atoms with Crippen LogP contribution in [0.15, 0.2) is 52.9 Å². The molecule has 1 aromatic rings. The van der Waals surface area contributed by atoms with Crippen LogP contribution in [0.2, 0.25) is 0 Å². The third-order valence-corrected chi connectivity index (χ3v) is 3.94. The Bertz CT molecular complexity index is 767. The summed E-state index contributed by atoms with van der Waals surface area (Å²) in [6, 6.07) is 9.19. The summed E-state index contributed by atoms with van der Waals surface area (Å²) >= 11 is 0. The number of hydrazone groups is 1. The second-order valence-corrected chi connectivity index (χ2v) is 5.28. The lowest BCUT2D eigenvalue weighted by atomic mass is 10.1. The number of nitrogens with zero attached hydrogens (tertiary/aromatic N) is 3. The SMILES string of the molecule is COC(=O)C1=C(C(=O)OC)N2C=C(c3ccccc3)C=NN2C1C. The quantitative estimate of drug-likeness (QED) is 0.785. The second kappa shape index (κ2) is 6.19. The Morgan fingerprint density at radius 3 is 2.38 bits per heavy atom. The number of rotatable bonds is 3. The molecule has 0 amide bonds. The normalized spacial score (nSPS) is 19.1. The van der Waals surface area contributed by atoms with E-state index in [-0.39, 0.29) is 11.3 Å². The van der Waals surface area contributed by atoms with Gasteiger partial charge >= 0.3 is 11.9 Å². The Labute approximate surface area is 139 Å². The molecule has 3 rings (SSSR count). The Morgan fingerprint density at radius 2 is 1.75 bits per heavy atom. The average molecular weight is 327 g/mol. The van der Waals surface area contributed by atoms with E-state index in [9.17, 15) is 9.59 Å². The number of esters is 2. The maximum atomic E-state index is 12.3. The van der Waals surface area contributed by atoms with Crippen LogP contribution in [0.3, 0.4) is 0 Å². The lowest BCUT2D eigenvalue weighted by Gasteiger charge is -2.31. The molecule has 0 saturated carbocycles. The number of carbonyl (C=O) groups excluding carboxylic acids is 2. The highest BCUT2D eigenvalue weighted by molar-refractivity contribution is 6.11. The van der Waals surface area contributed by atoms with Gasteiger partial charge in [-0.3, -0.25) is 0 Å². The maximum Gasteiger partial charge on any atom is 0.357 e. The van der Waals surface area contributed by atoms with Gasteiger partial charge in [0, 0.05) is 11.8 Å². The van der Waals surface area contributed by atoms with Gasteiger partial charge in [-0.05, 0) is 12.5 Å². The fraction of sp³-hybridized carbons (Fsp3) is 0.235. The van der Waals surface area contributed by atoms with Crippen molar-refractivity contribution in [2.45, 2.75) is 13.0 Å². The lowest BCUT2D eigenvalue weighted by molar-refractivity contribution is -0.140. The van der Waals surface area contributed by atoms with Crippen molar-refractivity contribution in [1.82, 2.24) is 10.1 Å². The Morgan fingerprint density at radius 1 is 1.08 bits per heavy atom. The van der Waals surface area contributed by atoms with Crippen LogP contribution in [0, 0.1) is 0 Å². The summed E-state index contributed by atoms with van der Waals surface area (Å²) in [4.78, 5) is 24.4. The van der Waals surface area contributed by atoms with Crippen LogP contribution in [0.4, 0.5) is 0 Å². The number of carbonyl (C=O) groups is 2. The lowest BCUT2D eigenvalue weighted by Crippen LogP contribution is -2.38. The molecular weight excluding hydrogens is 310 g/mol. The molecular formula is C17H17N3O4. The minimum atomic E-state index is -0.620. The van der Waals surface area contributed by atoms with Crippen molar-refractivity contribution >= 4 is 23.7 Å². The highest BCUT2D eigenvalue weighted by Gasteiger charge is 2.44. The van der Waals surface area contributed by atoms with Crippen molar-refractivity contribution < 1.29 is 19.1 Å². The Kier molecular flexibility index (Phi) is 4.07. The molecule has 0 spiro atoms. The summed E-state index contributed by atoms with van der Waals surface area (Å²) in [7, 11) is 2.55. The molecule has 0 radical (unpaired) electrons. The van der Waals surface area contributed by atoms with Crippen molar-refractivity contribution in [3.63, 3.8) is 0 Å². The molecule has 0 saturated heterocycles. The number of fused-ring (bicyclic) bond motifs is 1. The molecule has 1 unspecified atom stereocenters. The molecule has 1 atom stereocenters. The average Bonchev–Trinajstić information content (AvgIpc) is 2.93. The first-order valence-corrected chi connectivity index (χ1v) is 7.39. The fourth-order valence-corrected chi connectivity index (χ4v) is 2.75. The van der Waals surface area contributed by atoms with Gasteiger partial charge in [0.1, 0.15) is 6.04 Å². The van der Waals surface area contributed by atoms with E-state index in [2.05, 4.69) is 5.10 Å². The van der Waals surface area contributed by atoms with E-state index in [0.717, 1.165) is 11.1 Å². The van der Waals surface area contributed by atoms with Crippen LogP contribution >= 0.6 is 0 Å². The van der Waals surface area contributed by atoms with Gasteiger partial charge in [-0.15, -0.1) is 0 Å². The standard InChI is InChI=1S/C17H17N3O4/c1-11-14(16(21)23-2)15(17(22)24-3)19-10-13(9-18-20(11)19)12-7-5-4-6-8-12/h4-11H,1-3H3. The van der Waals surface area contributed by atoms with E-state index in [4.69, 9.17) is 9.47 Å². The van der Waals surface area contributed by atoms with Crippen molar-refractivity contribution in [1.29, 1.82) is 0 Å². The first-order chi connectivity index (χ1) is 11.6. The second-order valence-electron chi connectivity index (χ2n) is 5.28. The third kappa shape index (κ3) is 2.44. The van der Waals surface area contributed by atoms with Crippen molar-refractivity contribution in [3.05, 3.63) is 53.4 Å². The highest BCUT2D eigenvalue weighted by Crippen LogP contribution is 2.35. The highest BCUT2D eigenvalue weighted by atomic mass is 16.5. The molecule has 7 nitrogen and oxygen atoms in total. The van der Waals surface area contributed by atoms with Crippen LogP contribution in [0.25, 0.3) is 5.57 Å². The minimum Gasteiger partial charge on any atom is -0.466 e. The Balaban J connectivity index is 2.09. The largest absolute Gasteiger partial charge is 0.466 e. The van der Waals surface area contributed by atoms with Gasteiger partial charge in [0.25, 0.3) is 0 Å². The molecule has 0 aromatic heterocycles. The monoisotopic (exact) mass is 327 g/mol. The zero-order valence-electron chi connectivity index (χ0n) is 13.6. The van der Waals surface area contributed by atoms with Crippen molar-refractivity contribution in [2.24, 2.45) is 5.10 Å². The van der Waals surface area contributed by atoms with Gasteiger partial charge in [0.15, 0.2) is 5.70 Å². The first kappa shape index (κ1) is 15.8. The summed E-state index contributed by atoms with van der Waals surface area (Å²) in [5.41, 5.74) is 2.09. The van der Waals surface area contributed by atoms with Crippen molar-refractivity contribution in [2.75, 3.05) is 14.2 Å². The van der Waals surface area contributed by atoms with Crippen molar-refractivity contribution in [3.8, 4) is 0 Å². The third-order valence-electron chi connectivity index (χ3n) is 3.94. The van der Waals surface area contributed by atoms with Crippen LogP contribution in [-0.4, -0.2) is 48.5 Å². The fourth-order valence-electron chi connectivity index (χ4n) is 2.75. The van der Waals surface area contributed by atoms with Gasteiger partial charge in [-0.1, -0.05) is 30.3 Å². The molecule has 0 bridgehead atoms. The predicted octanol–water partition coefficient (Wildman–Crippen LogP) is 1.55. The summed E-state index contributed by atoms with van der Waals surface area (Å²) < 4.78 is 9.66. The van der Waals surface area contributed by atoms with Gasteiger partial charge < -0.3 is 9.47 Å². The maximum absolute atomic E-state index is 12.3. The van der Waals surface area contributed by atoms with Crippen LogP contribution in [-0.2, 0) is 19.1 Å². The molecule has 2 aliphatic heterocycles. The predicted molar refractivity (Wildman–Crippen MR) is 87.1 cm³/mol. The minimum absolute atomic E-state index is 0.113. The molecule has 24 heavy (non-hydrogen) atoms. The van der Waals surface area contributed by atoms with E-state index in [0.29, 0.717) is 0 Å². The molecule has 124 valence electrons.